The van der Waals surface area contributed by atoms with Crippen molar-refractivity contribution in [2.24, 2.45) is 5.73 Å². The fourth-order valence-electron chi connectivity index (χ4n) is 2.15. The topological polar surface area (TPSA) is 58.4 Å². The van der Waals surface area contributed by atoms with E-state index in [0.29, 0.717) is 6.42 Å². The molecule has 0 radical (unpaired) electrons. The molecular weight excluding hydrogens is 250 g/mol. The maximum Gasteiger partial charge on any atom is 0.224 e. The fraction of sp³-hybridized carbons (Fsp3) is 0.562. The zero-order chi connectivity index (χ0) is 15.0. The Kier molecular flexibility index (Phi) is 7.09. The number of carbonyl (C=O) groups excluding carboxylic acids is 1. The third-order valence-electron chi connectivity index (χ3n) is 3.34. The van der Waals surface area contributed by atoms with Crippen LogP contribution < -0.4 is 16.0 Å². The van der Waals surface area contributed by atoms with Gasteiger partial charge in [-0.15, -0.1) is 0 Å². The van der Waals surface area contributed by atoms with Gasteiger partial charge in [0.1, 0.15) is 0 Å². The van der Waals surface area contributed by atoms with Crippen LogP contribution in [-0.2, 0) is 4.79 Å². The zero-order valence-electron chi connectivity index (χ0n) is 12.9. The van der Waals surface area contributed by atoms with Gasteiger partial charge in [-0.3, -0.25) is 4.79 Å². The summed E-state index contributed by atoms with van der Waals surface area (Å²) in [5.74, 6) is 0.0567. The molecule has 1 rings (SSSR count). The van der Waals surface area contributed by atoms with Gasteiger partial charge in [-0.2, -0.15) is 0 Å². The summed E-state index contributed by atoms with van der Waals surface area (Å²) in [6.45, 7) is 8.21. The highest BCUT2D eigenvalue weighted by Crippen LogP contribution is 2.18. The Labute approximate surface area is 122 Å². The molecule has 0 fully saturated rings. The second-order valence-electron chi connectivity index (χ2n) is 5.14. The molecule has 1 aromatic carbocycles. The van der Waals surface area contributed by atoms with Gasteiger partial charge < -0.3 is 16.0 Å². The molecule has 112 valence electrons. The molecule has 0 aromatic heterocycles. The molecule has 20 heavy (non-hydrogen) atoms. The molecule has 1 atom stereocenters. The zero-order valence-corrected chi connectivity index (χ0v) is 12.9. The third kappa shape index (κ3) is 5.61. The largest absolute Gasteiger partial charge is 0.372 e. The number of nitrogens with zero attached hydrogens (tertiary/aromatic N) is 1. The standard InChI is InChI=1S/C16H27N3O/c1-4-19(5-2)15-11-9-14(10-12-15)18-16(20)8-6-7-13(3)17/h9-13H,4-8,17H2,1-3H3,(H,18,20). The maximum absolute atomic E-state index is 11.8. The normalized spacial score (nSPS) is 12.0. The molecule has 1 amide bonds. The highest BCUT2D eigenvalue weighted by molar-refractivity contribution is 5.90. The first-order valence-electron chi connectivity index (χ1n) is 7.47. The van der Waals surface area contributed by atoms with Gasteiger partial charge in [0.05, 0.1) is 0 Å². The van der Waals surface area contributed by atoms with E-state index in [0.717, 1.165) is 31.6 Å². The van der Waals surface area contributed by atoms with Crippen molar-refractivity contribution < 1.29 is 4.79 Å². The number of amides is 1. The Morgan fingerprint density at radius 3 is 2.35 bits per heavy atom. The molecule has 4 nitrogen and oxygen atoms in total. The van der Waals surface area contributed by atoms with Crippen LogP contribution in [0.2, 0.25) is 0 Å². The number of anilines is 2. The molecule has 0 heterocycles. The molecule has 0 bridgehead atoms. The minimum Gasteiger partial charge on any atom is -0.372 e. The number of hydrogen-bond donors (Lipinski definition) is 2. The summed E-state index contributed by atoms with van der Waals surface area (Å²) in [5.41, 5.74) is 7.70. The van der Waals surface area contributed by atoms with E-state index in [1.165, 1.54) is 5.69 Å². The minimum absolute atomic E-state index is 0.0567. The van der Waals surface area contributed by atoms with Gasteiger partial charge >= 0.3 is 0 Å². The number of rotatable bonds is 8. The maximum atomic E-state index is 11.8. The van der Waals surface area contributed by atoms with Gasteiger partial charge in [-0.1, -0.05) is 0 Å². The number of nitrogens with one attached hydrogen (secondary N) is 1. The summed E-state index contributed by atoms with van der Waals surface area (Å²) in [5, 5.41) is 2.92. The van der Waals surface area contributed by atoms with Gasteiger partial charge in [0.15, 0.2) is 0 Å². The molecule has 1 unspecified atom stereocenters. The fourth-order valence-corrected chi connectivity index (χ4v) is 2.15. The van der Waals surface area contributed by atoms with E-state index in [1.807, 2.05) is 31.2 Å². The number of carbonyl (C=O) groups is 1. The molecular formula is C16H27N3O. The predicted molar refractivity (Wildman–Crippen MR) is 86.1 cm³/mol. The summed E-state index contributed by atoms with van der Waals surface area (Å²) in [6.07, 6.45) is 2.24. The summed E-state index contributed by atoms with van der Waals surface area (Å²) in [6, 6.07) is 8.17. The quantitative estimate of drug-likeness (QED) is 0.768. The lowest BCUT2D eigenvalue weighted by atomic mass is 10.1. The van der Waals surface area contributed by atoms with Crippen molar-refractivity contribution in [2.75, 3.05) is 23.3 Å². The SMILES string of the molecule is CCN(CC)c1ccc(NC(=O)CCCC(C)N)cc1. The molecule has 0 aliphatic heterocycles. The highest BCUT2D eigenvalue weighted by Gasteiger charge is 2.05. The van der Waals surface area contributed by atoms with Crippen LogP contribution >= 0.6 is 0 Å². The first-order valence-corrected chi connectivity index (χ1v) is 7.47. The predicted octanol–water partition coefficient (Wildman–Crippen LogP) is 2.99. The number of hydrogen-bond acceptors (Lipinski definition) is 3. The second kappa shape index (κ2) is 8.59. The Hall–Kier alpha value is -1.55. The van der Waals surface area contributed by atoms with Crippen molar-refractivity contribution in [2.45, 2.75) is 46.1 Å². The molecule has 0 saturated heterocycles. The van der Waals surface area contributed by atoms with E-state index < -0.39 is 0 Å². The van der Waals surface area contributed by atoms with Crippen molar-refractivity contribution in [3.8, 4) is 0 Å². The van der Waals surface area contributed by atoms with Crippen LogP contribution in [0.25, 0.3) is 0 Å². The monoisotopic (exact) mass is 277 g/mol. The summed E-state index contributed by atoms with van der Waals surface area (Å²) in [7, 11) is 0. The highest BCUT2D eigenvalue weighted by atomic mass is 16.1. The van der Waals surface area contributed by atoms with Crippen molar-refractivity contribution in [1.82, 2.24) is 0 Å². The summed E-state index contributed by atoms with van der Waals surface area (Å²) >= 11 is 0. The van der Waals surface area contributed by atoms with E-state index in [2.05, 4.69) is 24.1 Å². The first kappa shape index (κ1) is 16.5. The molecule has 0 saturated carbocycles. The van der Waals surface area contributed by atoms with Gasteiger partial charge in [0.2, 0.25) is 5.91 Å². The minimum atomic E-state index is 0.0567. The van der Waals surface area contributed by atoms with E-state index in [1.54, 1.807) is 0 Å². The van der Waals surface area contributed by atoms with Crippen LogP contribution in [0.4, 0.5) is 11.4 Å². The second-order valence-corrected chi connectivity index (χ2v) is 5.14. The van der Waals surface area contributed by atoms with Crippen LogP contribution in [0.1, 0.15) is 40.0 Å². The Morgan fingerprint density at radius 1 is 1.25 bits per heavy atom. The van der Waals surface area contributed by atoms with Crippen molar-refractivity contribution >= 4 is 17.3 Å². The molecule has 4 heteroatoms. The molecule has 0 aliphatic rings. The van der Waals surface area contributed by atoms with Crippen molar-refractivity contribution in [1.29, 1.82) is 0 Å². The van der Waals surface area contributed by atoms with Crippen molar-refractivity contribution in [3.05, 3.63) is 24.3 Å². The van der Waals surface area contributed by atoms with Crippen LogP contribution in [0.5, 0.6) is 0 Å². The average Bonchev–Trinajstić information content (AvgIpc) is 2.41. The van der Waals surface area contributed by atoms with Crippen LogP contribution in [0.15, 0.2) is 24.3 Å². The van der Waals surface area contributed by atoms with Crippen LogP contribution in [0.3, 0.4) is 0 Å². The molecule has 3 N–H and O–H groups in total. The average molecular weight is 277 g/mol. The molecule has 1 aromatic rings. The molecule has 0 aliphatic carbocycles. The number of nitrogens with two attached hydrogens (primary N) is 1. The van der Waals surface area contributed by atoms with Crippen LogP contribution in [-0.4, -0.2) is 25.0 Å². The lowest BCUT2D eigenvalue weighted by Gasteiger charge is -2.21. The van der Waals surface area contributed by atoms with E-state index >= 15 is 0 Å². The number of benzene rings is 1. The lowest BCUT2D eigenvalue weighted by molar-refractivity contribution is -0.116. The van der Waals surface area contributed by atoms with E-state index in [-0.39, 0.29) is 11.9 Å². The van der Waals surface area contributed by atoms with Gasteiger partial charge in [0.25, 0.3) is 0 Å². The van der Waals surface area contributed by atoms with E-state index in [9.17, 15) is 4.79 Å². The smallest absolute Gasteiger partial charge is 0.224 e. The Bertz CT molecular complexity index is 397. The summed E-state index contributed by atoms with van der Waals surface area (Å²) in [4.78, 5) is 14.0. The summed E-state index contributed by atoms with van der Waals surface area (Å²) < 4.78 is 0. The van der Waals surface area contributed by atoms with Gasteiger partial charge in [0, 0.05) is 36.9 Å². The molecule has 0 spiro atoms. The first-order chi connectivity index (χ1) is 9.56. The van der Waals surface area contributed by atoms with Crippen LogP contribution in [0, 0.1) is 0 Å². The Balaban J connectivity index is 2.46. The Morgan fingerprint density at radius 2 is 1.85 bits per heavy atom. The third-order valence-corrected chi connectivity index (χ3v) is 3.34. The lowest BCUT2D eigenvalue weighted by Crippen LogP contribution is -2.21. The van der Waals surface area contributed by atoms with E-state index in [4.69, 9.17) is 5.73 Å². The van der Waals surface area contributed by atoms with Crippen molar-refractivity contribution in [3.63, 3.8) is 0 Å². The van der Waals surface area contributed by atoms with Gasteiger partial charge in [-0.25, -0.2) is 0 Å². The van der Waals surface area contributed by atoms with Gasteiger partial charge in [-0.05, 0) is 57.9 Å².